The summed E-state index contributed by atoms with van der Waals surface area (Å²) in [5.74, 6) is 0.114. The van der Waals surface area contributed by atoms with Crippen LogP contribution in [0.25, 0.3) is 0 Å². The van der Waals surface area contributed by atoms with Crippen LogP contribution in [-0.4, -0.2) is 29.1 Å². The molecule has 1 saturated heterocycles. The number of hydrogen-bond acceptors (Lipinski definition) is 3. The first kappa shape index (κ1) is 13.7. The summed E-state index contributed by atoms with van der Waals surface area (Å²) in [6.07, 6.45) is 7.51. The number of aliphatic carboxylic acids is 1. The van der Waals surface area contributed by atoms with Crippen LogP contribution in [0.1, 0.15) is 43.4 Å². The molecule has 1 N–H and O–H groups in total. The van der Waals surface area contributed by atoms with Crippen LogP contribution in [0.4, 0.5) is 0 Å². The molecule has 0 bridgehead atoms. The molecule has 1 atom stereocenters. The van der Waals surface area contributed by atoms with Gasteiger partial charge in [-0.1, -0.05) is 19.3 Å². The van der Waals surface area contributed by atoms with E-state index in [9.17, 15) is 9.90 Å². The third-order valence-corrected chi connectivity index (χ3v) is 5.03. The molecule has 3 rings (SSSR count). The fourth-order valence-electron chi connectivity index (χ4n) is 4.09. The largest absolute Gasteiger partial charge is 0.481 e. The summed E-state index contributed by atoms with van der Waals surface area (Å²) in [6.45, 7) is 4.32. The Morgan fingerprint density at radius 2 is 2.20 bits per heavy atom. The highest BCUT2D eigenvalue weighted by atomic mass is 16.4. The second-order valence-electron chi connectivity index (χ2n) is 6.57. The molecule has 1 aliphatic carbocycles. The molecule has 4 heteroatoms. The summed E-state index contributed by atoms with van der Waals surface area (Å²) in [6, 6.07) is 2.04. The van der Waals surface area contributed by atoms with Crippen molar-refractivity contribution in [3.05, 3.63) is 23.7 Å². The van der Waals surface area contributed by atoms with E-state index in [0.29, 0.717) is 6.54 Å². The zero-order valence-electron chi connectivity index (χ0n) is 12.1. The number of nitrogens with zero attached hydrogens (tertiary/aromatic N) is 1. The van der Waals surface area contributed by atoms with Crippen LogP contribution in [0.5, 0.6) is 0 Å². The predicted molar refractivity (Wildman–Crippen MR) is 75.4 cm³/mol. The lowest BCUT2D eigenvalue weighted by molar-refractivity contribution is -0.145. The lowest BCUT2D eigenvalue weighted by Gasteiger charge is -2.36. The van der Waals surface area contributed by atoms with Crippen molar-refractivity contribution in [2.75, 3.05) is 13.1 Å². The highest BCUT2D eigenvalue weighted by molar-refractivity contribution is 5.72. The topological polar surface area (TPSA) is 53.7 Å². The fourth-order valence-corrected chi connectivity index (χ4v) is 4.09. The molecule has 2 fully saturated rings. The Labute approximate surface area is 119 Å². The molecule has 110 valence electrons. The van der Waals surface area contributed by atoms with E-state index in [-0.39, 0.29) is 11.3 Å². The Kier molecular flexibility index (Phi) is 3.59. The van der Waals surface area contributed by atoms with Gasteiger partial charge in [0.25, 0.3) is 0 Å². The molecule has 4 nitrogen and oxygen atoms in total. The average molecular weight is 277 g/mol. The number of furan rings is 1. The third-order valence-electron chi connectivity index (χ3n) is 5.03. The molecule has 0 radical (unpaired) electrons. The summed E-state index contributed by atoms with van der Waals surface area (Å²) < 4.78 is 5.51. The van der Waals surface area contributed by atoms with Gasteiger partial charge in [-0.2, -0.15) is 0 Å². The van der Waals surface area contributed by atoms with Crippen molar-refractivity contribution in [2.24, 2.45) is 11.3 Å². The Morgan fingerprint density at radius 3 is 2.80 bits per heavy atom. The van der Waals surface area contributed by atoms with Crippen molar-refractivity contribution in [1.29, 1.82) is 0 Å². The first-order chi connectivity index (χ1) is 9.59. The van der Waals surface area contributed by atoms with Crippen LogP contribution in [0.2, 0.25) is 0 Å². The minimum absolute atomic E-state index is 0.00568. The van der Waals surface area contributed by atoms with Gasteiger partial charge in [-0.25, -0.2) is 0 Å². The summed E-state index contributed by atoms with van der Waals surface area (Å²) in [5.41, 5.74) is 1.13. The number of rotatable bonds is 3. The first-order valence-corrected chi connectivity index (χ1v) is 7.58. The summed E-state index contributed by atoms with van der Waals surface area (Å²) in [5, 5.41) is 9.57. The van der Waals surface area contributed by atoms with Crippen molar-refractivity contribution in [2.45, 2.75) is 45.6 Å². The van der Waals surface area contributed by atoms with E-state index in [1.165, 1.54) is 19.3 Å². The molecular formula is C16H23NO3. The summed E-state index contributed by atoms with van der Waals surface area (Å²) in [7, 11) is 0. The van der Waals surface area contributed by atoms with Gasteiger partial charge >= 0.3 is 5.97 Å². The number of likely N-dealkylation sites (tertiary alicyclic amines) is 1. The van der Waals surface area contributed by atoms with E-state index in [4.69, 9.17) is 4.42 Å². The standard InChI is InChI=1S/C16H23NO3/c1-12-7-13(20-10-12)8-17-9-14(15(18)19)16(11-17)5-3-2-4-6-16/h7,10,14H,2-6,8-9,11H2,1H3,(H,18,19). The Balaban J connectivity index is 1.74. The van der Waals surface area contributed by atoms with E-state index in [1.54, 1.807) is 6.26 Å². The lowest BCUT2D eigenvalue weighted by Crippen LogP contribution is -2.36. The summed E-state index contributed by atoms with van der Waals surface area (Å²) in [4.78, 5) is 13.9. The normalized spacial score (nSPS) is 26.1. The maximum Gasteiger partial charge on any atom is 0.308 e. The smallest absolute Gasteiger partial charge is 0.308 e. The first-order valence-electron chi connectivity index (χ1n) is 7.58. The van der Waals surface area contributed by atoms with Gasteiger partial charge in [0.1, 0.15) is 5.76 Å². The van der Waals surface area contributed by atoms with Crippen LogP contribution >= 0.6 is 0 Å². The number of aryl methyl sites for hydroxylation is 1. The lowest BCUT2D eigenvalue weighted by atomic mass is 9.68. The van der Waals surface area contributed by atoms with Gasteiger partial charge in [-0.05, 0) is 36.8 Å². The van der Waals surface area contributed by atoms with E-state index < -0.39 is 5.97 Å². The highest BCUT2D eigenvalue weighted by Crippen LogP contribution is 2.47. The molecule has 20 heavy (non-hydrogen) atoms. The summed E-state index contributed by atoms with van der Waals surface area (Å²) >= 11 is 0. The van der Waals surface area contributed by atoms with Crippen LogP contribution in [0.15, 0.2) is 16.7 Å². The van der Waals surface area contributed by atoms with Gasteiger partial charge in [0.2, 0.25) is 0 Å². The van der Waals surface area contributed by atoms with E-state index in [1.807, 2.05) is 13.0 Å². The average Bonchev–Trinajstić information content (AvgIpc) is 2.96. The Hall–Kier alpha value is -1.29. The molecule has 1 saturated carbocycles. The van der Waals surface area contributed by atoms with Gasteiger partial charge in [0, 0.05) is 13.1 Å². The Bertz CT molecular complexity index is 488. The monoisotopic (exact) mass is 277 g/mol. The molecule has 1 unspecified atom stereocenters. The number of carboxylic acid groups (broad SMARTS) is 1. The van der Waals surface area contributed by atoms with Gasteiger partial charge in [0.15, 0.2) is 0 Å². The van der Waals surface area contributed by atoms with Crippen LogP contribution < -0.4 is 0 Å². The van der Waals surface area contributed by atoms with Crippen LogP contribution in [0, 0.1) is 18.3 Å². The number of carboxylic acids is 1. The van der Waals surface area contributed by atoms with Crippen LogP contribution in [-0.2, 0) is 11.3 Å². The van der Waals surface area contributed by atoms with Crippen molar-refractivity contribution < 1.29 is 14.3 Å². The maximum absolute atomic E-state index is 11.6. The second kappa shape index (κ2) is 5.24. The molecule has 0 amide bonds. The van der Waals surface area contributed by atoms with Gasteiger partial charge in [0.05, 0.1) is 18.7 Å². The molecule has 1 aromatic rings. The molecule has 1 aromatic heterocycles. The minimum atomic E-state index is -0.620. The Morgan fingerprint density at radius 1 is 1.45 bits per heavy atom. The highest BCUT2D eigenvalue weighted by Gasteiger charge is 2.50. The zero-order valence-corrected chi connectivity index (χ0v) is 12.1. The second-order valence-corrected chi connectivity index (χ2v) is 6.57. The zero-order chi connectivity index (χ0) is 14.2. The SMILES string of the molecule is Cc1coc(CN2CC(C(=O)O)C3(CCCCC3)C2)c1. The molecule has 1 spiro atoms. The molecule has 2 heterocycles. The minimum Gasteiger partial charge on any atom is -0.481 e. The van der Waals surface area contributed by atoms with E-state index >= 15 is 0 Å². The van der Waals surface area contributed by atoms with Gasteiger partial charge in [-0.15, -0.1) is 0 Å². The van der Waals surface area contributed by atoms with E-state index in [2.05, 4.69) is 4.90 Å². The quantitative estimate of drug-likeness (QED) is 0.922. The molecule has 1 aliphatic heterocycles. The predicted octanol–water partition coefficient (Wildman–Crippen LogP) is 3.05. The van der Waals surface area contributed by atoms with Gasteiger partial charge in [-0.3, -0.25) is 9.69 Å². The molecule has 2 aliphatic rings. The van der Waals surface area contributed by atoms with Crippen LogP contribution in [0.3, 0.4) is 0 Å². The van der Waals surface area contributed by atoms with Crippen molar-refractivity contribution in [3.8, 4) is 0 Å². The van der Waals surface area contributed by atoms with Crippen molar-refractivity contribution >= 4 is 5.97 Å². The molecule has 0 aromatic carbocycles. The van der Waals surface area contributed by atoms with Gasteiger partial charge < -0.3 is 9.52 Å². The van der Waals surface area contributed by atoms with Crippen molar-refractivity contribution in [1.82, 2.24) is 4.90 Å². The molecular weight excluding hydrogens is 254 g/mol. The maximum atomic E-state index is 11.6. The van der Waals surface area contributed by atoms with E-state index in [0.717, 1.165) is 37.3 Å². The fraction of sp³-hybridized carbons (Fsp3) is 0.688. The number of hydrogen-bond donors (Lipinski definition) is 1. The van der Waals surface area contributed by atoms with Crippen molar-refractivity contribution in [3.63, 3.8) is 0 Å². The number of carbonyl (C=O) groups is 1. The third kappa shape index (κ3) is 2.49.